The standard InChI is InChI=1S/C23H37NO4/c1-16(2)21(24-22(26)28-23(5,6)7)20(25)13-17(3)18(4)14-27-15-19-11-9-8-10-12-19/h8-12,16,18,20-21,25H,3,13-15H2,1-2,4-7H3,(H,24,26)/t18-,20+,21-/m0/s1. The highest BCUT2D eigenvalue weighted by Crippen LogP contribution is 2.20. The van der Waals surface area contributed by atoms with Crippen molar-refractivity contribution in [2.75, 3.05) is 6.61 Å². The van der Waals surface area contributed by atoms with E-state index in [9.17, 15) is 9.90 Å². The van der Waals surface area contributed by atoms with Gasteiger partial charge in [0.1, 0.15) is 5.60 Å². The smallest absolute Gasteiger partial charge is 0.407 e. The Morgan fingerprint density at radius 2 is 1.79 bits per heavy atom. The topological polar surface area (TPSA) is 67.8 Å². The Morgan fingerprint density at radius 3 is 2.32 bits per heavy atom. The summed E-state index contributed by atoms with van der Waals surface area (Å²) in [5, 5.41) is 13.5. The zero-order valence-electron chi connectivity index (χ0n) is 18.2. The molecule has 0 aliphatic heterocycles. The molecule has 5 nitrogen and oxygen atoms in total. The summed E-state index contributed by atoms with van der Waals surface area (Å²) in [5.41, 5.74) is 1.45. The molecule has 1 rings (SSSR count). The van der Waals surface area contributed by atoms with Crippen molar-refractivity contribution in [3.63, 3.8) is 0 Å². The molecule has 0 radical (unpaired) electrons. The Hall–Kier alpha value is -1.85. The number of amides is 1. The normalized spacial score (nSPS) is 15.0. The molecule has 0 saturated heterocycles. The molecule has 1 aromatic rings. The van der Waals surface area contributed by atoms with Gasteiger partial charge in [-0.3, -0.25) is 0 Å². The van der Waals surface area contributed by atoms with E-state index in [2.05, 4.69) is 11.9 Å². The van der Waals surface area contributed by atoms with Gasteiger partial charge >= 0.3 is 6.09 Å². The molecule has 0 unspecified atom stereocenters. The third-order valence-electron chi connectivity index (χ3n) is 4.46. The molecule has 0 spiro atoms. The van der Waals surface area contributed by atoms with Crippen LogP contribution in [0, 0.1) is 11.8 Å². The molecule has 1 amide bonds. The molecule has 1 aromatic carbocycles. The monoisotopic (exact) mass is 391 g/mol. The summed E-state index contributed by atoms with van der Waals surface area (Å²) in [6.45, 7) is 16.6. The lowest BCUT2D eigenvalue weighted by Crippen LogP contribution is -2.48. The highest BCUT2D eigenvalue weighted by molar-refractivity contribution is 5.68. The fraction of sp³-hybridized carbons (Fsp3) is 0.609. The number of rotatable bonds is 10. The first kappa shape index (κ1) is 24.2. The molecule has 0 aliphatic rings. The van der Waals surface area contributed by atoms with Gasteiger partial charge in [-0.1, -0.05) is 63.3 Å². The minimum Gasteiger partial charge on any atom is -0.444 e. The minimum absolute atomic E-state index is 0.0555. The lowest BCUT2D eigenvalue weighted by molar-refractivity contribution is 0.0367. The van der Waals surface area contributed by atoms with Crippen LogP contribution in [-0.2, 0) is 16.1 Å². The zero-order valence-corrected chi connectivity index (χ0v) is 18.2. The van der Waals surface area contributed by atoms with Crippen molar-refractivity contribution in [2.24, 2.45) is 11.8 Å². The summed E-state index contributed by atoms with van der Waals surface area (Å²) < 4.78 is 11.1. The molecule has 28 heavy (non-hydrogen) atoms. The lowest BCUT2D eigenvalue weighted by Gasteiger charge is -2.30. The molecule has 0 bridgehead atoms. The Balaban J connectivity index is 2.50. The number of nitrogens with one attached hydrogen (secondary N) is 1. The van der Waals surface area contributed by atoms with Gasteiger partial charge in [-0.05, 0) is 38.7 Å². The van der Waals surface area contributed by atoms with Crippen molar-refractivity contribution in [2.45, 2.75) is 72.3 Å². The van der Waals surface area contributed by atoms with E-state index < -0.39 is 23.8 Å². The van der Waals surface area contributed by atoms with Crippen molar-refractivity contribution in [3.05, 3.63) is 48.0 Å². The van der Waals surface area contributed by atoms with Gasteiger partial charge in [0, 0.05) is 5.92 Å². The first-order valence-electron chi connectivity index (χ1n) is 9.96. The molecule has 0 aromatic heterocycles. The number of carbonyl (C=O) groups excluding carboxylic acids is 1. The number of hydrogen-bond donors (Lipinski definition) is 2. The molecule has 0 saturated carbocycles. The highest BCUT2D eigenvalue weighted by Gasteiger charge is 2.28. The average molecular weight is 392 g/mol. The fourth-order valence-electron chi connectivity index (χ4n) is 2.79. The van der Waals surface area contributed by atoms with Crippen molar-refractivity contribution >= 4 is 6.09 Å². The minimum atomic E-state index is -0.739. The summed E-state index contributed by atoms with van der Waals surface area (Å²) >= 11 is 0. The third-order valence-corrected chi connectivity index (χ3v) is 4.46. The SMILES string of the molecule is C=C(C[C@@H](O)[C@@H](NC(=O)OC(C)(C)C)C(C)C)[C@@H](C)COCc1ccccc1. The van der Waals surface area contributed by atoms with Gasteiger partial charge in [0.25, 0.3) is 0 Å². The van der Waals surface area contributed by atoms with Crippen LogP contribution < -0.4 is 5.32 Å². The Kier molecular flexibility index (Phi) is 9.70. The predicted molar refractivity (Wildman–Crippen MR) is 113 cm³/mol. The van der Waals surface area contributed by atoms with E-state index in [-0.39, 0.29) is 11.8 Å². The summed E-state index contributed by atoms with van der Waals surface area (Å²) in [6, 6.07) is 9.59. The van der Waals surface area contributed by atoms with Gasteiger partial charge in [0.05, 0.1) is 25.4 Å². The van der Waals surface area contributed by atoms with E-state index in [1.807, 2.05) is 71.9 Å². The van der Waals surface area contributed by atoms with Crippen LogP contribution in [0.2, 0.25) is 0 Å². The summed E-state index contributed by atoms with van der Waals surface area (Å²) in [7, 11) is 0. The first-order valence-corrected chi connectivity index (χ1v) is 9.96. The predicted octanol–water partition coefficient (Wildman–Crippen LogP) is 4.70. The van der Waals surface area contributed by atoms with Crippen LogP contribution in [0.25, 0.3) is 0 Å². The summed E-state index contributed by atoms with van der Waals surface area (Å²) in [4.78, 5) is 12.1. The number of aliphatic hydroxyl groups excluding tert-OH is 1. The van der Waals surface area contributed by atoms with E-state index >= 15 is 0 Å². The Morgan fingerprint density at radius 1 is 1.18 bits per heavy atom. The molecule has 0 heterocycles. The second-order valence-corrected chi connectivity index (χ2v) is 8.75. The first-order chi connectivity index (χ1) is 13.0. The van der Waals surface area contributed by atoms with Crippen LogP contribution in [0.1, 0.15) is 53.5 Å². The molecule has 0 fully saturated rings. The number of ether oxygens (including phenoxy) is 2. The molecule has 158 valence electrons. The van der Waals surface area contributed by atoms with Gasteiger partial charge in [-0.2, -0.15) is 0 Å². The number of carbonyl (C=O) groups is 1. The van der Waals surface area contributed by atoms with Crippen molar-refractivity contribution < 1.29 is 19.4 Å². The number of hydrogen-bond acceptors (Lipinski definition) is 4. The second kappa shape index (κ2) is 11.2. The number of benzene rings is 1. The molecule has 0 aliphatic carbocycles. The van der Waals surface area contributed by atoms with Crippen LogP contribution >= 0.6 is 0 Å². The molecular formula is C23H37NO4. The zero-order chi connectivity index (χ0) is 21.3. The van der Waals surface area contributed by atoms with Crippen LogP contribution in [0.15, 0.2) is 42.5 Å². The summed E-state index contributed by atoms with van der Waals surface area (Å²) in [5.74, 6) is 0.160. The lowest BCUT2D eigenvalue weighted by atomic mass is 9.90. The summed E-state index contributed by atoms with van der Waals surface area (Å²) in [6.07, 6.45) is -0.860. The fourth-order valence-corrected chi connectivity index (χ4v) is 2.79. The van der Waals surface area contributed by atoms with Crippen molar-refractivity contribution in [1.82, 2.24) is 5.32 Å². The van der Waals surface area contributed by atoms with E-state index in [1.165, 1.54) is 0 Å². The maximum Gasteiger partial charge on any atom is 0.407 e. The average Bonchev–Trinajstić information content (AvgIpc) is 2.58. The van der Waals surface area contributed by atoms with E-state index in [0.717, 1.165) is 11.1 Å². The van der Waals surface area contributed by atoms with Gasteiger partial charge in [-0.25, -0.2) is 4.79 Å². The molecule has 5 heteroatoms. The maximum absolute atomic E-state index is 12.1. The largest absolute Gasteiger partial charge is 0.444 e. The molecule has 3 atom stereocenters. The third kappa shape index (κ3) is 9.38. The van der Waals surface area contributed by atoms with Crippen LogP contribution in [0.5, 0.6) is 0 Å². The molecular weight excluding hydrogens is 354 g/mol. The van der Waals surface area contributed by atoms with Crippen LogP contribution in [0.3, 0.4) is 0 Å². The van der Waals surface area contributed by atoms with Gasteiger partial charge in [0.2, 0.25) is 0 Å². The van der Waals surface area contributed by atoms with Crippen molar-refractivity contribution in [1.29, 1.82) is 0 Å². The number of alkyl carbamates (subject to hydrolysis) is 1. The Bertz CT molecular complexity index is 607. The van der Waals surface area contributed by atoms with E-state index in [0.29, 0.717) is 19.6 Å². The Labute approximate surface area is 170 Å². The van der Waals surface area contributed by atoms with E-state index in [1.54, 1.807) is 0 Å². The van der Waals surface area contributed by atoms with Gasteiger partial charge in [0.15, 0.2) is 0 Å². The van der Waals surface area contributed by atoms with Crippen molar-refractivity contribution in [3.8, 4) is 0 Å². The second-order valence-electron chi connectivity index (χ2n) is 8.75. The van der Waals surface area contributed by atoms with Gasteiger partial charge in [-0.15, -0.1) is 0 Å². The quantitative estimate of drug-likeness (QED) is 0.568. The maximum atomic E-state index is 12.1. The molecule has 2 N–H and O–H groups in total. The van der Waals surface area contributed by atoms with E-state index in [4.69, 9.17) is 9.47 Å². The highest BCUT2D eigenvalue weighted by atomic mass is 16.6. The number of aliphatic hydroxyl groups is 1. The van der Waals surface area contributed by atoms with Crippen LogP contribution in [0.4, 0.5) is 4.79 Å². The van der Waals surface area contributed by atoms with Gasteiger partial charge < -0.3 is 19.9 Å². The van der Waals surface area contributed by atoms with Crippen LogP contribution in [-0.4, -0.2) is 35.6 Å².